The minimum Gasteiger partial charge on any atom is -0.308 e. The molecule has 3 aromatic rings. The number of anilines is 1. The van der Waals surface area contributed by atoms with Crippen LogP contribution < -0.4 is 4.90 Å². The van der Waals surface area contributed by atoms with Crippen molar-refractivity contribution < 1.29 is 13.2 Å². The monoisotopic (exact) mass is 564 g/mol. The fraction of sp³-hybridized carbons (Fsp3) is 0.481. The van der Waals surface area contributed by atoms with Crippen molar-refractivity contribution in [2.75, 3.05) is 39.1 Å². The van der Waals surface area contributed by atoms with Crippen molar-refractivity contribution in [3.05, 3.63) is 53.1 Å². The van der Waals surface area contributed by atoms with Crippen molar-refractivity contribution >= 4 is 55.0 Å². The molecule has 1 aromatic heterocycles. The zero-order valence-corrected chi connectivity index (χ0v) is 24.7. The maximum Gasteiger partial charge on any atom is 0.260 e. The van der Waals surface area contributed by atoms with E-state index < -0.39 is 10.0 Å². The quantitative estimate of drug-likeness (QED) is 0.361. The van der Waals surface area contributed by atoms with Crippen molar-refractivity contribution in [2.45, 2.75) is 56.9 Å². The van der Waals surface area contributed by atoms with Crippen LogP contribution in [0.5, 0.6) is 0 Å². The number of rotatable bonds is 8. The van der Waals surface area contributed by atoms with Gasteiger partial charge in [0.1, 0.15) is 0 Å². The number of carbonyl (C=O) groups excluding carboxylic acids is 1. The summed E-state index contributed by atoms with van der Waals surface area (Å²) in [5, 5.41) is 0.652. The highest BCUT2D eigenvalue weighted by Crippen LogP contribution is 2.33. The SMILES string of the molecule is Cc1cc(C)c2sc(N(CCN(C)C)C(=O)c3ccc(S(=O)(=O)N(C)C4CCCCC4)cc3)nc2c1.Cl. The van der Waals surface area contributed by atoms with Gasteiger partial charge >= 0.3 is 0 Å². The predicted molar refractivity (Wildman–Crippen MR) is 155 cm³/mol. The molecular weight excluding hydrogens is 528 g/mol. The first-order valence-corrected chi connectivity index (χ1v) is 14.8. The lowest BCUT2D eigenvalue weighted by atomic mass is 9.96. The van der Waals surface area contributed by atoms with E-state index in [2.05, 4.69) is 13.0 Å². The van der Waals surface area contributed by atoms with Crippen molar-refractivity contribution in [3.8, 4) is 0 Å². The van der Waals surface area contributed by atoms with Gasteiger partial charge < -0.3 is 4.90 Å². The first-order valence-electron chi connectivity index (χ1n) is 12.5. The number of hydrogen-bond acceptors (Lipinski definition) is 6. The average Bonchev–Trinajstić information content (AvgIpc) is 3.28. The Morgan fingerprint density at radius 1 is 1.00 bits per heavy atom. The van der Waals surface area contributed by atoms with Gasteiger partial charge in [-0.05, 0) is 82.2 Å². The second-order valence-electron chi connectivity index (χ2n) is 10.0. The van der Waals surface area contributed by atoms with E-state index >= 15 is 0 Å². The number of aryl methyl sites for hydroxylation is 2. The Balaban J connectivity index is 0.00000380. The summed E-state index contributed by atoms with van der Waals surface area (Å²) in [6.07, 6.45) is 5.08. The molecule has 0 saturated heterocycles. The van der Waals surface area contributed by atoms with Gasteiger partial charge in [-0.3, -0.25) is 9.69 Å². The van der Waals surface area contributed by atoms with Crippen LogP contribution >= 0.6 is 23.7 Å². The Hall–Kier alpha value is -2.04. The Morgan fingerprint density at radius 2 is 1.65 bits per heavy atom. The van der Waals surface area contributed by atoms with Crippen LogP contribution in [0, 0.1) is 13.8 Å². The third-order valence-corrected chi connectivity index (χ3v) is 10.1. The smallest absolute Gasteiger partial charge is 0.260 e. The van der Waals surface area contributed by atoms with Gasteiger partial charge in [0, 0.05) is 31.7 Å². The molecule has 4 rings (SSSR count). The molecule has 37 heavy (non-hydrogen) atoms. The zero-order valence-electron chi connectivity index (χ0n) is 22.2. The molecule has 0 atom stereocenters. The van der Waals surface area contributed by atoms with E-state index in [0.717, 1.165) is 47.0 Å². The number of halogens is 1. The fourth-order valence-electron chi connectivity index (χ4n) is 4.80. The van der Waals surface area contributed by atoms with Crippen molar-refractivity contribution in [2.24, 2.45) is 0 Å². The first kappa shape index (κ1) is 29.5. The number of thiazole rings is 1. The van der Waals surface area contributed by atoms with E-state index in [1.807, 2.05) is 32.0 Å². The third kappa shape index (κ3) is 6.52. The molecule has 1 aliphatic carbocycles. The van der Waals surface area contributed by atoms with Crippen LogP contribution in [0.3, 0.4) is 0 Å². The van der Waals surface area contributed by atoms with Crippen molar-refractivity contribution in [1.82, 2.24) is 14.2 Å². The second kappa shape index (κ2) is 12.2. The van der Waals surface area contributed by atoms with E-state index in [1.165, 1.54) is 22.1 Å². The van der Waals surface area contributed by atoms with Crippen LogP contribution in [-0.4, -0.2) is 68.8 Å². The summed E-state index contributed by atoms with van der Waals surface area (Å²) in [5.41, 5.74) is 3.62. The molecule has 1 aliphatic rings. The molecule has 1 fully saturated rings. The summed E-state index contributed by atoms with van der Waals surface area (Å²) >= 11 is 1.52. The summed E-state index contributed by atoms with van der Waals surface area (Å²) in [4.78, 5) is 22.4. The van der Waals surface area contributed by atoms with Crippen LogP contribution in [0.4, 0.5) is 5.13 Å². The number of likely N-dealkylation sites (N-methyl/N-ethyl adjacent to an activating group) is 1. The number of fused-ring (bicyclic) bond motifs is 1. The van der Waals surface area contributed by atoms with E-state index in [1.54, 1.807) is 36.2 Å². The first-order chi connectivity index (χ1) is 17.1. The molecular formula is C27H37ClN4O3S2. The van der Waals surface area contributed by atoms with E-state index in [4.69, 9.17) is 4.98 Å². The summed E-state index contributed by atoms with van der Waals surface area (Å²) in [7, 11) is 2.00. The number of carbonyl (C=O) groups is 1. The summed E-state index contributed by atoms with van der Waals surface area (Å²) in [6, 6.07) is 10.6. The van der Waals surface area contributed by atoms with Gasteiger partial charge in [-0.25, -0.2) is 13.4 Å². The normalized spacial score (nSPS) is 14.8. The number of hydrogen-bond donors (Lipinski definition) is 0. The van der Waals surface area contributed by atoms with Crippen molar-refractivity contribution in [3.63, 3.8) is 0 Å². The number of aromatic nitrogens is 1. The molecule has 2 aromatic carbocycles. The Bertz CT molecular complexity index is 1330. The largest absolute Gasteiger partial charge is 0.308 e. The number of nitrogens with zero attached hydrogens (tertiary/aromatic N) is 4. The molecule has 1 amide bonds. The van der Waals surface area contributed by atoms with E-state index in [-0.39, 0.29) is 29.3 Å². The number of benzene rings is 2. The van der Waals surface area contributed by atoms with Crippen LogP contribution in [0.15, 0.2) is 41.3 Å². The Morgan fingerprint density at radius 3 is 2.27 bits per heavy atom. The van der Waals surface area contributed by atoms with Crippen LogP contribution in [0.1, 0.15) is 53.6 Å². The lowest BCUT2D eigenvalue weighted by Crippen LogP contribution is -2.38. The molecule has 202 valence electrons. The zero-order chi connectivity index (χ0) is 26.0. The van der Waals surface area contributed by atoms with Crippen molar-refractivity contribution in [1.29, 1.82) is 0 Å². The average molecular weight is 565 g/mol. The van der Waals surface area contributed by atoms with Crippen LogP contribution in [0.2, 0.25) is 0 Å². The van der Waals surface area contributed by atoms with Crippen LogP contribution in [-0.2, 0) is 10.0 Å². The topological polar surface area (TPSA) is 73.8 Å². The third-order valence-electron chi connectivity index (χ3n) is 6.92. The van der Waals surface area contributed by atoms with Gasteiger partial charge in [-0.15, -0.1) is 12.4 Å². The van der Waals surface area contributed by atoms with E-state index in [0.29, 0.717) is 23.8 Å². The highest BCUT2D eigenvalue weighted by atomic mass is 35.5. The lowest BCUT2D eigenvalue weighted by molar-refractivity contribution is 0.0985. The molecule has 10 heteroatoms. The predicted octanol–water partition coefficient (Wildman–Crippen LogP) is 5.50. The van der Waals surface area contributed by atoms with Gasteiger partial charge in [-0.2, -0.15) is 4.31 Å². The summed E-state index contributed by atoms with van der Waals surface area (Å²) in [6.45, 7) is 5.26. The van der Waals surface area contributed by atoms with Gasteiger partial charge in [0.05, 0.1) is 15.1 Å². The molecule has 0 bridgehead atoms. The maximum atomic E-state index is 13.6. The molecule has 0 unspecified atom stereocenters. The van der Waals surface area contributed by atoms with Crippen LogP contribution in [0.25, 0.3) is 10.2 Å². The molecule has 0 spiro atoms. The minimum atomic E-state index is -3.61. The molecule has 1 saturated carbocycles. The van der Waals surface area contributed by atoms with Gasteiger partial charge in [-0.1, -0.05) is 36.7 Å². The summed E-state index contributed by atoms with van der Waals surface area (Å²) in [5.74, 6) is -0.185. The number of amides is 1. The molecule has 0 radical (unpaired) electrons. The minimum absolute atomic E-state index is 0. The summed E-state index contributed by atoms with van der Waals surface area (Å²) < 4.78 is 29.0. The molecule has 0 aliphatic heterocycles. The standard InChI is InChI=1S/C27H36N4O3S2.ClH/c1-19-17-20(2)25-24(18-19)28-27(35-25)31(16-15-29(3)4)26(32)21-11-13-23(14-12-21)36(33,34)30(5)22-9-7-6-8-10-22;/h11-14,17-18,22H,6-10,15-16H2,1-5H3;1H. The molecule has 7 nitrogen and oxygen atoms in total. The number of sulfonamides is 1. The Labute approximate surface area is 230 Å². The second-order valence-corrected chi connectivity index (χ2v) is 13.0. The van der Waals surface area contributed by atoms with Gasteiger partial charge in [0.2, 0.25) is 10.0 Å². The fourth-order valence-corrected chi connectivity index (χ4v) is 7.25. The highest BCUT2D eigenvalue weighted by Gasteiger charge is 2.29. The van der Waals surface area contributed by atoms with Gasteiger partial charge in [0.25, 0.3) is 5.91 Å². The lowest BCUT2D eigenvalue weighted by Gasteiger charge is -2.30. The molecule has 1 heterocycles. The Kier molecular flexibility index (Phi) is 9.74. The van der Waals surface area contributed by atoms with Gasteiger partial charge in [0.15, 0.2) is 5.13 Å². The maximum absolute atomic E-state index is 13.6. The highest BCUT2D eigenvalue weighted by molar-refractivity contribution is 7.89. The van der Waals surface area contributed by atoms with E-state index in [9.17, 15) is 13.2 Å². The molecule has 0 N–H and O–H groups in total.